The molecule has 1 aromatic heterocycles. The van der Waals surface area contributed by atoms with Crippen LogP contribution >= 0.6 is 0 Å². The zero-order chi connectivity index (χ0) is 18.2. The standard InChI is InChI=1S/C12H3F9N2O/c13-6-3(9-22-1-2-23(9)24)7(14)8(15)5-4(6)10(16,17)12(20,21)11(5,18)19/h1-2,24H. The van der Waals surface area contributed by atoms with Crippen molar-refractivity contribution in [1.29, 1.82) is 0 Å². The molecule has 0 aliphatic heterocycles. The van der Waals surface area contributed by atoms with Gasteiger partial charge in [-0.25, -0.2) is 18.2 Å². The predicted octanol–water partition coefficient (Wildman–Crippen LogP) is 4.04. The van der Waals surface area contributed by atoms with Gasteiger partial charge in [0, 0.05) is 6.20 Å². The first-order valence-electron chi connectivity index (χ1n) is 5.95. The highest BCUT2D eigenvalue weighted by Crippen LogP contribution is 2.64. The average molecular weight is 362 g/mol. The van der Waals surface area contributed by atoms with Crippen molar-refractivity contribution in [3.05, 3.63) is 41.0 Å². The molecule has 1 N–H and O–H groups in total. The van der Waals surface area contributed by atoms with Gasteiger partial charge in [0.05, 0.1) is 22.9 Å². The molecule has 0 fully saturated rings. The topological polar surface area (TPSA) is 38.0 Å². The van der Waals surface area contributed by atoms with E-state index in [4.69, 9.17) is 0 Å². The molecule has 12 heteroatoms. The van der Waals surface area contributed by atoms with Crippen LogP contribution in [0.5, 0.6) is 0 Å². The molecule has 3 rings (SSSR count). The lowest BCUT2D eigenvalue weighted by molar-refractivity contribution is -0.303. The number of halogens is 9. The molecule has 0 radical (unpaired) electrons. The third-order valence-corrected chi connectivity index (χ3v) is 3.58. The lowest BCUT2D eigenvalue weighted by atomic mass is 10.0. The minimum Gasteiger partial charge on any atom is -0.427 e. The molecule has 0 saturated carbocycles. The second kappa shape index (κ2) is 4.36. The first-order chi connectivity index (χ1) is 10.9. The predicted molar refractivity (Wildman–Crippen MR) is 57.5 cm³/mol. The highest BCUT2D eigenvalue weighted by molar-refractivity contribution is 5.64. The molecule has 0 unspecified atom stereocenters. The molecule has 0 atom stereocenters. The van der Waals surface area contributed by atoms with E-state index in [9.17, 15) is 44.7 Å². The average Bonchev–Trinajstić information content (AvgIpc) is 2.91. The van der Waals surface area contributed by atoms with E-state index < -0.39 is 57.7 Å². The maximum Gasteiger partial charge on any atom is 0.380 e. The van der Waals surface area contributed by atoms with Crippen molar-refractivity contribution in [1.82, 2.24) is 9.71 Å². The molecule has 1 heterocycles. The number of nitrogens with zero attached hydrogens (tertiary/aromatic N) is 2. The van der Waals surface area contributed by atoms with Crippen LogP contribution in [0.2, 0.25) is 0 Å². The van der Waals surface area contributed by atoms with Gasteiger partial charge in [-0.05, 0) is 0 Å². The summed E-state index contributed by atoms with van der Waals surface area (Å²) in [6.07, 6.45) is 1.36. The van der Waals surface area contributed by atoms with E-state index >= 15 is 0 Å². The summed E-state index contributed by atoms with van der Waals surface area (Å²) < 4.78 is 123. The molecule has 3 nitrogen and oxygen atoms in total. The number of imidazole rings is 1. The maximum absolute atomic E-state index is 14.2. The van der Waals surface area contributed by atoms with E-state index in [-0.39, 0.29) is 4.73 Å². The zero-order valence-corrected chi connectivity index (χ0v) is 10.9. The van der Waals surface area contributed by atoms with Crippen LogP contribution in [0.25, 0.3) is 11.4 Å². The van der Waals surface area contributed by atoms with Gasteiger partial charge in [-0.1, -0.05) is 0 Å². The van der Waals surface area contributed by atoms with E-state index in [2.05, 4.69) is 4.98 Å². The maximum atomic E-state index is 14.2. The number of alkyl halides is 6. The largest absolute Gasteiger partial charge is 0.427 e. The molecule has 0 amide bonds. The Labute approximate surface area is 125 Å². The number of hydrogen-bond acceptors (Lipinski definition) is 2. The van der Waals surface area contributed by atoms with Crippen molar-refractivity contribution in [2.75, 3.05) is 0 Å². The Hall–Kier alpha value is -2.40. The minimum atomic E-state index is -6.19. The summed E-state index contributed by atoms with van der Waals surface area (Å²) in [4.78, 5) is 3.14. The third-order valence-electron chi connectivity index (χ3n) is 3.58. The third kappa shape index (κ3) is 1.58. The van der Waals surface area contributed by atoms with Crippen LogP contribution in [0.3, 0.4) is 0 Å². The van der Waals surface area contributed by atoms with Crippen LogP contribution in [-0.4, -0.2) is 20.8 Å². The fourth-order valence-electron chi connectivity index (χ4n) is 2.43. The molecule has 24 heavy (non-hydrogen) atoms. The molecule has 0 saturated heterocycles. The number of aromatic nitrogens is 2. The van der Waals surface area contributed by atoms with Crippen molar-refractivity contribution in [2.45, 2.75) is 17.8 Å². The van der Waals surface area contributed by atoms with Crippen molar-refractivity contribution in [3.63, 3.8) is 0 Å². The van der Waals surface area contributed by atoms with Gasteiger partial charge in [0.25, 0.3) is 0 Å². The Kier molecular flexibility index (Phi) is 2.99. The van der Waals surface area contributed by atoms with Crippen molar-refractivity contribution in [3.8, 4) is 11.4 Å². The number of fused-ring (bicyclic) bond motifs is 1. The van der Waals surface area contributed by atoms with Gasteiger partial charge in [0.2, 0.25) is 0 Å². The second-order valence-electron chi connectivity index (χ2n) is 4.89. The molecular formula is C12H3F9N2O. The van der Waals surface area contributed by atoms with Gasteiger partial charge in [0.1, 0.15) is 5.82 Å². The van der Waals surface area contributed by atoms with Crippen LogP contribution < -0.4 is 0 Å². The molecule has 2 aromatic rings. The van der Waals surface area contributed by atoms with E-state index in [0.29, 0.717) is 12.4 Å². The quantitative estimate of drug-likeness (QED) is 0.473. The van der Waals surface area contributed by atoms with Gasteiger partial charge < -0.3 is 5.21 Å². The molecule has 0 spiro atoms. The number of benzene rings is 1. The summed E-state index contributed by atoms with van der Waals surface area (Å²) in [5.41, 5.74) is -7.24. The number of rotatable bonds is 1. The summed E-state index contributed by atoms with van der Waals surface area (Å²) in [6, 6.07) is 0. The van der Waals surface area contributed by atoms with Crippen LogP contribution in [0.1, 0.15) is 11.1 Å². The Bertz CT molecular complexity index is 859. The molecule has 0 bridgehead atoms. The van der Waals surface area contributed by atoms with Crippen LogP contribution in [0, 0.1) is 17.5 Å². The van der Waals surface area contributed by atoms with Crippen molar-refractivity contribution in [2.24, 2.45) is 0 Å². The molecule has 130 valence electrons. The van der Waals surface area contributed by atoms with E-state index in [0.717, 1.165) is 0 Å². The highest BCUT2D eigenvalue weighted by atomic mass is 19.3. The second-order valence-corrected chi connectivity index (χ2v) is 4.89. The molecule has 1 aromatic carbocycles. The van der Waals surface area contributed by atoms with E-state index in [1.807, 2.05) is 0 Å². The van der Waals surface area contributed by atoms with Crippen LogP contribution in [-0.2, 0) is 11.8 Å². The first-order valence-corrected chi connectivity index (χ1v) is 5.95. The molecular weight excluding hydrogens is 359 g/mol. The minimum absolute atomic E-state index is 0.128. The smallest absolute Gasteiger partial charge is 0.380 e. The van der Waals surface area contributed by atoms with E-state index in [1.165, 1.54) is 0 Å². The van der Waals surface area contributed by atoms with Crippen molar-refractivity contribution >= 4 is 0 Å². The zero-order valence-electron chi connectivity index (χ0n) is 10.9. The Morgan fingerprint density at radius 1 is 0.833 bits per heavy atom. The fourth-order valence-corrected chi connectivity index (χ4v) is 2.43. The monoisotopic (exact) mass is 362 g/mol. The van der Waals surface area contributed by atoms with E-state index in [1.54, 1.807) is 0 Å². The lowest BCUT2D eigenvalue weighted by Gasteiger charge is -2.23. The first kappa shape index (κ1) is 16.5. The van der Waals surface area contributed by atoms with Gasteiger partial charge >= 0.3 is 17.8 Å². The normalized spacial score (nSPS) is 20.2. The van der Waals surface area contributed by atoms with Crippen LogP contribution in [0.15, 0.2) is 12.4 Å². The Morgan fingerprint density at radius 3 is 1.79 bits per heavy atom. The molecule has 1 aliphatic rings. The summed E-state index contributed by atoms with van der Waals surface area (Å²) in [7, 11) is 0. The molecule has 1 aliphatic carbocycles. The Morgan fingerprint density at radius 2 is 1.33 bits per heavy atom. The van der Waals surface area contributed by atoms with Gasteiger partial charge in [-0.3, -0.25) is 0 Å². The van der Waals surface area contributed by atoms with Gasteiger partial charge in [-0.15, -0.1) is 0 Å². The van der Waals surface area contributed by atoms with Gasteiger partial charge in [0.15, 0.2) is 17.5 Å². The Balaban J connectivity index is 2.49. The number of hydrogen-bond donors (Lipinski definition) is 1. The SMILES string of the molecule is On1ccnc1-c1c(F)c(F)c2c(c1F)C(F)(F)C(F)(F)C2(F)F. The summed E-state index contributed by atoms with van der Waals surface area (Å²) in [5.74, 6) is -26.9. The fraction of sp³-hybridized carbons (Fsp3) is 0.250. The summed E-state index contributed by atoms with van der Waals surface area (Å²) >= 11 is 0. The summed E-state index contributed by atoms with van der Waals surface area (Å²) in [5, 5.41) is 9.24. The highest BCUT2D eigenvalue weighted by Gasteiger charge is 2.81. The van der Waals surface area contributed by atoms with Crippen LogP contribution in [0.4, 0.5) is 39.5 Å². The van der Waals surface area contributed by atoms with Gasteiger partial charge in [-0.2, -0.15) is 31.1 Å². The summed E-state index contributed by atoms with van der Waals surface area (Å²) in [6.45, 7) is 0. The van der Waals surface area contributed by atoms with Crippen molar-refractivity contribution < 1.29 is 44.7 Å². The lowest BCUT2D eigenvalue weighted by Crippen LogP contribution is -2.43.